The van der Waals surface area contributed by atoms with Crippen LogP contribution in [0.3, 0.4) is 0 Å². The van der Waals surface area contributed by atoms with Gasteiger partial charge in [-0.05, 0) is 59.6 Å². The van der Waals surface area contributed by atoms with Crippen molar-refractivity contribution in [3.8, 4) is 23.3 Å². The van der Waals surface area contributed by atoms with Gasteiger partial charge in [0.2, 0.25) is 0 Å². The molecule has 2 N–H and O–H groups in total. The molecule has 6 nitrogen and oxygen atoms in total. The Labute approximate surface area is 162 Å². The first kappa shape index (κ1) is 19.0. The molecule has 0 heterocycles. The highest BCUT2D eigenvalue weighted by Crippen LogP contribution is 2.25. The minimum atomic E-state index is -1.65. The Morgan fingerprint density at radius 3 is 2.18 bits per heavy atom. The van der Waals surface area contributed by atoms with Crippen molar-refractivity contribution in [1.29, 1.82) is 5.26 Å². The van der Waals surface area contributed by atoms with Crippen molar-refractivity contribution >= 4 is 18.3 Å². The second kappa shape index (κ2) is 8.74. The van der Waals surface area contributed by atoms with E-state index in [9.17, 15) is 10.0 Å². The number of hydrogen-bond donors (Lipinski definition) is 2. The van der Waals surface area contributed by atoms with Crippen molar-refractivity contribution in [3.63, 3.8) is 0 Å². The molecular formula is C21H15BN2O4. The summed E-state index contributed by atoms with van der Waals surface area (Å²) in [6.45, 7) is 7.06. The van der Waals surface area contributed by atoms with Gasteiger partial charge in [0.1, 0.15) is 23.9 Å². The fraction of sp³-hybridized carbons (Fsp3) is 0.0476. The van der Waals surface area contributed by atoms with Crippen molar-refractivity contribution < 1.29 is 19.5 Å². The molecule has 136 valence electrons. The summed E-state index contributed by atoms with van der Waals surface area (Å²) in [5.74, 6) is 1.61. The average molecular weight is 370 g/mol. The third kappa shape index (κ3) is 4.69. The summed E-state index contributed by atoms with van der Waals surface area (Å²) in [6.07, 6.45) is 0. The lowest BCUT2D eigenvalue weighted by molar-refractivity contribution is 0.305. The first-order valence-corrected chi connectivity index (χ1v) is 8.36. The van der Waals surface area contributed by atoms with Crippen LogP contribution in [-0.4, -0.2) is 17.2 Å². The van der Waals surface area contributed by atoms with Crippen molar-refractivity contribution in [2.45, 2.75) is 6.61 Å². The topological polar surface area (TPSA) is 87.1 Å². The van der Waals surface area contributed by atoms with E-state index in [4.69, 9.17) is 21.3 Å². The zero-order valence-corrected chi connectivity index (χ0v) is 14.7. The van der Waals surface area contributed by atoms with Gasteiger partial charge in [-0.2, -0.15) is 5.26 Å². The smallest absolute Gasteiger partial charge is 0.488 e. The molecule has 0 aliphatic carbocycles. The number of nitriles is 1. The average Bonchev–Trinajstić information content (AvgIpc) is 2.73. The van der Waals surface area contributed by atoms with Crippen LogP contribution in [0.5, 0.6) is 17.2 Å². The van der Waals surface area contributed by atoms with Gasteiger partial charge in [-0.1, -0.05) is 18.2 Å². The molecule has 3 aromatic carbocycles. The molecule has 0 amide bonds. The first-order chi connectivity index (χ1) is 13.6. The normalized spacial score (nSPS) is 9.86. The zero-order valence-electron chi connectivity index (χ0n) is 14.7. The molecule has 0 radical (unpaired) electrons. The molecule has 0 saturated carbocycles. The molecule has 0 fully saturated rings. The zero-order chi connectivity index (χ0) is 19.9. The summed E-state index contributed by atoms with van der Waals surface area (Å²) >= 11 is 0. The number of nitrogens with zero attached hydrogens (tertiary/aromatic N) is 2. The van der Waals surface area contributed by atoms with E-state index in [1.54, 1.807) is 66.7 Å². The van der Waals surface area contributed by atoms with Crippen molar-refractivity contribution in [1.82, 2.24) is 0 Å². The molecule has 0 bridgehead atoms. The third-order valence-corrected chi connectivity index (χ3v) is 3.97. The standard InChI is InChI=1S/C21H15BN2O4/c1-24-17-4-8-19(9-5-17)28-20-10-11-21(22(25)26)16(12-20)14-27-18-6-2-15(13-23)3-7-18/h2-12,25-26H,14H2. The van der Waals surface area contributed by atoms with E-state index >= 15 is 0 Å². The van der Waals surface area contributed by atoms with E-state index < -0.39 is 7.12 Å². The fourth-order valence-electron chi connectivity index (χ4n) is 2.53. The number of rotatable bonds is 6. The van der Waals surface area contributed by atoms with Crippen molar-refractivity contribution in [3.05, 3.63) is 89.3 Å². The summed E-state index contributed by atoms with van der Waals surface area (Å²) in [4.78, 5) is 3.33. The molecule has 0 spiro atoms. The second-order valence-corrected chi connectivity index (χ2v) is 5.87. The molecule has 3 aromatic rings. The molecule has 7 heteroatoms. The maximum atomic E-state index is 9.60. The van der Waals surface area contributed by atoms with E-state index in [1.165, 1.54) is 0 Å². The lowest BCUT2D eigenvalue weighted by Gasteiger charge is -2.13. The molecule has 0 aliphatic heterocycles. The summed E-state index contributed by atoms with van der Waals surface area (Å²) in [6, 6.07) is 20.2. The van der Waals surface area contributed by atoms with Crippen molar-refractivity contribution in [2.24, 2.45) is 0 Å². The van der Waals surface area contributed by atoms with E-state index in [2.05, 4.69) is 4.85 Å². The van der Waals surface area contributed by atoms with Crippen LogP contribution in [0.4, 0.5) is 5.69 Å². The largest absolute Gasteiger partial charge is 0.489 e. The van der Waals surface area contributed by atoms with Crippen LogP contribution in [0.25, 0.3) is 4.85 Å². The van der Waals surface area contributed by atoms with Gasteiger partial charge in [0.15, 0.2) is 5.69 Å². The van der Waals surface area contributed by atoms with Gasteiger partial charge < -0.3 is 19.5 Å². The molecular weight excluding hydrogens is 355 g/mol. The number of hydrogen-bond acceptors (Lipinski definition) is 5. The summed E-state index contributed by atoms with van der Waals surface area (Å²) in [7, 11) is -1.65. The SMILES string of the molecule is [C-]#[N+]c1ccc(Oc2ccc(B(O)O)c(COc3ccc(C#N)cc3)c2)cc1. The van der Waals surface area contributed by atoms with Gasteiger partial charge in [-0.3, -0.25) is 0 Å². The second-order valence-electron chi connectivity index (χ2n) is 5.87. The molecule has 0 saturated heterocycles. The van der Waals surface area contributed by atoms with Crippen LogP contribution in [0.15, 0.2) is 66.7 Å². The van der Waals surface area contributed by atoms with Crippen molar-refractivity contribution in [2.75, 3.05) is 0 Å². The fourth-order valence-corrected chi connectivity index (χ4v) is 2.53. The highest BCUT2D eigenvalue weighted by Gasteiger charge is 2.17. The Balaban J connectivity index is 1.78. The number of ether oxygens (including phenoxy) is 2. The summed E-state index contributed by atoms with van der Waals surface area (Å²) in [5, 5.41) is 28.0. The maximum absolute atomic E-state index is 9.60. The van der Waals surface area contributed by atoms with Gasteiger partial charge in [-0.15, -0.1) is 0 Å². The highest BCUT2D eigenvalue weighted by atomic mass is 16.5. The predicted octanol–water partition coefficient (Wildman–Crippen LogP) is 3.16. The Kier molecular flexibility index (Phi) is 5.93. The minimum absolute atomic E-state index is 0.0900. The highest BCUT2D eigenvalue weighted by molar-refractivity contribution is 6.59. The van der Waals surface area contributed by atoms with Gasteiger partial charge in [0, 0.05) is 0 Å². The van der Waals surface area contributed by atoms with Crippen LogP contribution < -0.4 is 14.9 Å². The van der Waals surface area contributed by atoms with Crippen LogP contribution in [-0.2, 0) is 6.61 Å². The quantitative estimate of drug-likeness (QED) is 0.514. The third-order valence-electron chi connectivity index (χ3n) is 3.97. The van der Waals surface area contributed by atoms with Gasteiger partial charge >= 0.3 is 7.12 Å². The Morgan fingerprint density at radius 1 is 0.929 bits per heavy atom. The lowest BCUT2D eigenvalue weighted by atomic mass is 9.77. The molecule has 0 aliphatic rings. The Hall–Kier alpha value is -3.78. The van der Waals surface area contributed by atoms with Crippen LogP contribution in [0, 0.1) is 17.9 Å². The Bertz CT molecular complexity index is 1040. The summed E-state index contributed by atoms with van der Waals surface area (Å²) < 4.78 is 11.5. The van der Waals surface area contributed by atoms with Gasteiger partial charge in [0.05, 0.1) is 18.2 Å². The predicted molar refractivity (Wildman–Crippen MR) is 105 cm³/mol. The molecule has 28 heavy (non-hydrogen) atoms. The van der Waals surface area contributed by atoms with E-state index in [1.807, 2.05) is 6.07 Å². The maximum Gasteiger partial charge on any atom is 0.488 e. The number of benzene rings is 3. The lowest BCUT2D eigenvalue weighted by Crippen LogP contribution is -2.33. The summed E-state index contributed by atoms with van der Waals surface area (Å²) in [5.41, 5.74) is 1.90. The van der Waals surface area contributed by atoms with Crippen LogP contribution in [0.1, 0.15) is 11.1 Å². The Morgan fingerprint density at radius 2 is 1.57 bits per heavy atom. The van der Waals surface area contributed by atoms with Gasteiger partial charge in [0.25, 0.3) is 0 Å². The van der Waals surface area contributed by atoms with Gasteiger partial charge in [-0.25, -0.2) is 4.85 Å². The monoisotopic (exact) mass is 370 g/mol. The molecule has 0 unspecified atom stereocenters. The van der Waals surface area contributed by atoms with Crippen LogP contribution >= 0.6 is 0 Å². The molecule has 3 rings (SSSR count). The first-order valence-electron chi connectivity index (χ1n) is 8.36. The van der Waals surface area contributed by atoms with Crippen LogP contribution in [0.2, 0.25) is 0 Å². The molecule has 0 atom stereocenters. The van der Waals surface area contributed by atoms with E-state index in [0.717, 1.165) is 0 Å². The molecule has 0 aromatic heterocycles. The van der Waals surface area contributed by atoms with E-state index in [-0.39, 0.29) is 6.61 Å². The minimum Gasteiger partial charge on any atom is -0.489 e. The van der Waals surface area contributed by atoms with E-state index in [0.29, 0.717) is 39.5 Å².